The highest BCUT2D eigenvalue weighted by Gasteiger charge is 2.18. The van der Waals surface area contributed by atoms with E-state index in [1.807, 2.05) is 11.4 Å². The fourth-order valence-electron chi connectivity index (χ4n) is 2.07. The van der Waals surface area contributed by atoms with E-state index in [4.69, 9.17) is 5.11 Å². The molecule has 0 unspecified atom stereocenters. The molecule has 0 spiro atoms. The Morgan fingerprint density at radius 1 is 1.40 bits per heavy atom. The van der Waals surface area contributed by atoms with E-state index in [1.54, 1.807) is 19.1 Å². The number of aromatic nitrogens is 2. The zero-order valence-electron chi connectivity index (χ0n) is 10.6. The Morgan fingerprint density at radius 2 is 2.20 bits per heavy atom. The summed E-state index contributed by atoms with van der Waals surface area (Å²) in [6.45, 7) is 1.75. The zero-order valence-corrected chi connectivity index (χ0v) is 11.4. The maximum atomic E-state index is 11.5. The van der Waals surface area contributed by atoms with Crippen molar-refractivity contribution in [2.24, 2.45) is 0 Å². The number of fused-ring (bicyclic) bond motifs is 1. The summed E-state index contributed by atoms with van der Waals surface area (Å²) in [5.74, 6) is -1.31. The molecule has 0 saturated heterocycles. The summed E-state index contributed by atoms with van der Waals surface area (Å²) >= 11 is 1.37. The predicted molar refractivity (Wildman–Crippen MR) is 75.7 cm³/mol. The highest BCUT2D eigenvalue weighted by atomic mass is 32.1. The molecular weight excluding hydrogens is 276 g/mol. The minimum atomic E-state index is -1.16. The van der Waals surface area contributed by atoms with Gasteiger partial charge in [0.05, 0.1) is 5.69 Å². The molecule has 0 radical (unpaired) electrons. The molecule has 2 aromatic rings. The topological polar surface area (TPSA) is 80.2 Å². The van der Waals surface area contributed by atoms with Gasteiger partial charge in [0, 0.05) is 11.8 Å². The average molecular weight is 286 g/mol. The maximum absolute atomic E-state index is 11.5. The van der Waals surface area contributed by atoms with Gasteiger partial charge in [-0.2, -0.15) is 0 Å². The lowest BCUT2D eigenvalue weighted by atomic mass is 9.96. The first kappa shape index (κ1) is 12.7. The van der Waals surface area contributed by atoms with E-state index >= 15 is 0 Å². The first-order valence-corrected chi connectivity index (χ1v) is 6.85. The summed E-state index contributed by atoms with van der Waals surface area (Å²) in [5, 5.41) is 11.7. The molecule has 0 atom stereocenters. The van der Waals surface area contributed by atoms with Gasteiger partial charge >= 0.3 is 5.97 Å². The lowest BCUT2D eigenvalue weighted by molar-refractivity contribution is -0.114. The number of ketones is 1. The van der Waals surface area contributed by atoms with Gasteiger partial charge in [-0.3, -0.25) is 4.79 Å². The van der Waals surface area contributed by atoms with Crippen LogP contribution in [-0.4, -0.2) is 26.8 Å². The summed E-state index contributed by atoms with van der Waals surface area (Å²) in [5.41, 5.74) is 2.00. The number of aromatic carboxylic acids is 1. The molecular formula is C14H10N2O3S. The molecule has 1 aliphatic rings. The molecule has 5 nitrogen and oxygen atoms in total. The van der Waals surface area contributed by atoms with E-state index < -0.39 is 5.97 Å². The number of hydrogen-bond donors (Lipinski definition) is 1. The standard InChI is InChI=1S/C14H10N2O3S/c1-7-6-8(2-3-10(7)17)11-9-4-5-20-13(9)16-12(15-11)14(18)19/h2,4-6H,3H2,1H3,(H,18,19). The second-order valence-electron chi connectivity index (χ2n) is 4.45. The number of carboxylic acid groups (broad SMARTS) is 1. The summed E-state index contributed by atoms with van der Waals surface area (Å²) in [6, 6.07) is 1.86. The molecule has 20 heavy (non-hydrogen) atoms. The molecule has 100 valence electrons. The van der Waals surface area contributed by atoms with Gasteiger partial charge in [0.15, 0.2) is 5.78 Å². The SMILES string of the molecule is CC1=CC(c2nc(C(=O)O)nc3sccc23)=CCC1=O. The minimum absolute atomic E-state index is 0.0721. The fraction of sp³-hybridized carbons (Fsp3) is 0.143. The summed E-state index contributed by atoms with van der Waals surface area (Å²) in [6.07, 6.45) is 3.84. The van der Waals surface area contributed by atoms with Crippen LogP contribution >= 0.6 is 11.3 Å². The summed E-state index contributed by atoms with van der Waals surface area (Å²) < 4.78 is 0. The molecule has 2 heterocycles. The Hall–Kier alpha value is -2.34. The van der Waals surface area contributed by atoms with Gasteiger partial charge in [-0.1, -0.05) is 6.08 Å². The number of rotatable bonds is 2. The van der Waals surface area contributed by atoms with Crippen LogP contribution in [0, 0.1) is 0 Å². The third-order valence-electron chi connectivity index (χ3n) is 3.11. The molecule has 3 rings (SSSR count). The molecule has 0 bridgehead atoms. The molecule has 0 aliphatic heterocycles. The highest BCUT2D eigenvalue weighted by Crippen LogP contribution is 2.30. The molecule has 0 aromatic carbocycles. The van der Waals surface area contributed by atoms with Gasteiger partial charge in [-0.05, 0) is 35.6 Å². The number of nitrogens with zero attached hydrogens (tertiary/aromatic N) is 2. The lowest BCUT2D eigenvalue weighted by Crippen LogP contribution is -2.08. The van der Waals surface area contributed by atoms with Gasteiger partial charge < -0.3 is 5.11 Å². The minimum Gasteiger partial charge on any atom is -0.475 e. The van der Waals surface area contributed by atoms with Crippen LogP contribution in [0.1, 0.15) is 29.7 Å². The first-order chi connectivity index (χ1) is 9.56. The smallest absolute Gasteiger partial charge is 0.374 e. The van der Waals surface area contributed by atoms with E-state index in [-0.39, 0.29) is 11.6 Å². The van der Waals surface area contributed by atoms with Crippen LogP contribution < -0.4 is 0 Å². The molecule has 6 heteroatoms. The van der Waals surface area contributed by atoms with Gasteiger partial charge in [0.1, 0.15) is 4.83 Å². The Labute approximate surface area is 118 Å². The van der Waals surface area contributed by atoms with Gasteiger partial charge in [0.2, 0.25) is 5.82 Å². The molecule has 0 amide bonds. The summed E-state index contributed by atoms with van der Waals surface area (Å²) in [7, 11) is 0. The van der Waals surface area contributed by atoms with Crippen molar-refractivity contribution in [1.29, 1.82) is 0 Å². The Bertz CT molecular complexity index is 802. The second-order valence-corrected chi connectivity index (χ2v) is 5.35. The van der Waals surface area contributed by atoms with Crippen LogP contribution in [0.4, 0.5) is 0 Å². The van der Waals surface area contributed by atoms with Crippen LogP contribution in [0.3, 0.4) is 0 Å². The van der Waals surface area contributed by atoms with E-state index in [2.05, 4.69) is 9.97 Å². The molecule has 1 N–H and O–H groups in total. The van der Waals surface area contributed by atoms with Crippen molar-refractivity contribution >= 4 is 38.9 Å². The van der Waals surface area contributed by atoms with E-state index in [0.717, 1.165) is 11.0 Å². The van der Waals surface area contributed by atoms with Crippen LogP contribution in [0.5, 0.6) is 0 Å². The van der Waals surface area contributed by atoms with Crippen LogP contribution in [0.25, 0.3) is 15.8 Å². The second kappa shape index (κ2) is 4.64. The first-order valence-electron chi connectivity index (χ1n) is 5.97. The monoisotopic (exact) mass is 286 g/mol. The Morgan fingerprint density at radius 3 is 2.90 bits per heavy atom. The molecule has 0 saturated carbocycles. The van der Waals surface area contributed by atoms with E-state index in [9.17, 15) is 9.59 Å². The molecule has 0 fully saturated rings. The third-order valence-corrected chi connectivity index (χ3v) is 3.92. The Kier molecular flexibility index (Phi) is 2.94. The average Bonchev–Trinajstić information content (AvgIpc) is 2.89. The van der Waals surface area contributed by atoms with Gasteiger partial charge in [-0.25, -0.2) is 14.8 Å². The number of hydrogen-bond acceptors (Lipinski definition) is 5. The highest BCUT2D eigenvalue weighted by molar-refractivity contribution is 7.16. The van der Waals surface area contributed by atoms with Crippen molar-refractivity contribution in [2.45, 2.75) is 13.3 Å². The van der Waals surface area contributed by atoms with Gasteiger partial charge in [0.25, 0.3) is 0 Å². The third kappa shape index (κ3) is 2.04. The van der Waals surface area contributed by atoms with Crippen molar-refractivity contribution < 1.29 is 14.7 Å². The summed E-state index contributed by atoms with van der Waals surface area (Å²) in [4.78, 5) is 31.4. The number of allylic oxidation sites excluding steroid dienone is 4. The molecule has 2 aromatic heterocycles. The van der Waals surface area contributed by atoms with Crippen LogP contribution in [-0.2, 0) is 4.79 Å². The van der Waals surface area contributed by atoms with Gasteiger partial charge in [-0.15, -0.1) is 11.3 Å². The maximum Gasteiger partial charge on any atom is 0.374 e. The number of carbonyl (C=O) groups is 2. The lowest BCUT2D eigenvalue weighted by Gasteiger charge is -2.11. The number of thiophene rings is 1. The fourth-order valence-corrected chi connectivity index (χ4v) is 2.84. The van der Waals surface area contributed by atoms with Crippen molar-refractivity contribution in [3.63, 3.8) is 0 Å². The van der Waals surface area contributed by atoms with Crippen molar-refractivity contribution in [2.75, 3.05) is 0 Å². The van der Waals surface area contributed by atoms with Crippen molar-refractivity contribution in [3.8, 4) is 0 Å². The number of carboxylic acids is 1. The number of Topliss-reactive ketones (excluding diaryl/α,β-unsaturated/α-hetero) is 1. The largest absolute Gasteiger partial charge is 0.475 e. The zero-order chi connectivity index (χ0) is 14.3. The number of carbonyl (C=O) groups excluding carboxylic acids is 1. The quantitative estimate of drug-likeness (QED) is 0.918. The normalized spacial score (nSPS) is 15.2. The van der Waals surface area contributed by atoms with Crippen LogP contribution in [0.15, 0.2) is 29.2 Å². The predicted octanol–water partition coefficient (Wildman–Crippen LogP) is 2.69. The van der Waals surface area contributed by atoms with Crippen molar-refractivity contribution in [3.05, 3.63) is 40.7 Å². The van der Waals surface area contributed by atoms with Crippen molar-refractivity contribution in [1.82, 2.24) is 9.97 Å². The Balaban J connectivity index is 2.23. The molecule has 1 aliphatic carbocycles. The van der Waals surface area contributed by atoms with Crippen LogP contribution in [0.2, 0.25) is 0 Å². The van der Waals surface area contributed by atoms with E-state index in [1.165, 1.54) is 11.3 Å². The van der Waals surface area contributed by atoms with E-state index in [0.29, 0.717) is 22.5 Å².